The van der Waals surface area contributed by atoms with E-state index in [1.165, 1.54) is 11.3 Å². The number of fused-ring (bicyclic) bond motifs is 1. The van der Waals surface area contributed by atoms with Crippen molar-refractivity contribution in [2.45, 2.75) is 33.4 Å². The maximum Gasteiger partial charge on any atom is 0.338 e. The summed E-state index contributed by atoms with van der Waals surface area (Å²) in [5.41, 5.74) is 4.91. The first kappa shape index (κ1) is 26.9. The summed E-state index contributed by atoms with van der Waals surface area (Å²) in [5, 5.41) is 8.98. The van der Waals surface area contributed by atoms with Crippen LogP contribution in [0, 0.1) is 18.3 Å². The van der Waals surface area contributed by atoms with Crippen molar-refractivity contribution in [2.24, 2.45) is 4.99 Å². The van der Waals surface area contributed by atoms with E-state index in [2.05, 4.69) is 11.1 Å². The van der Waals surface area contributed by atoms with E-state index in [0.717, 1.165) is 22.3 Å². The minimum Gasteiger partial charge on any atom is -0.489 e. The second-order valence-corrected chi connectivity index (χ2v) is 10.4. The van der Waals surface area contributed by atoms with Gasteiger partial charge in [-0.3, -0.25) is 9.36 Å². The third-order valence-corrected chi connectivity index (χ3v) is 7.54. The fraction of sp³-hybridized carbons (Fsp3) is 0.188. The Labute approximate surface area is 235 Å². The lowest BCUT2D eigenvalue weighted by molar-refractivity contribution is -0.139. The molecular formula is C32H27N3O4S. The Kier molecular flexibility index (Phi) is 7.76. The lowest BCUT2D eigenvalue weighted by Gasteiger charge is -2.24. The number of benzene rings is 3. The molecule has 0 radical (unpaired) electrons. The summed E-state index contributed by atoms with van der Waals surface area (Å²) < 4.78 is 13.4. The molecular weight excluding hydrogens is 522 g/mol. The monoisotopic (exact) mass is 549 g/mol. The van der Waals surface area contributed by atoms with Gasteiger partial charge in [-0.1, -0.05) is 65.4 Å². The average Bonchev–Trinajstić information content (AvgIpc) is 3.26. The smallest absolute Gasteiger partial charge is 0.338 e. The van der Waals surface area contributed by atoms with Crippen LogP contribution in [-0.2, 0) is 16.1 Å². The molecule has 0 bridgehead atoms. The molecule has 1 aliphatic heterocycles. The molecule has 2 heterocycles. The fourth-order valence-corrected chi connectivity index (χ4v) is 5.59. The van der Waals surface area contributed by atoms with Crippen LogP contribution in [0.1, 0.15) is 47.7 Å². The molecule has 0 saturated heterocycles. The van der Waals surface area contributed by atoms with E-state index in [1.54, 1.807) is 30.5 Å². The van der Waals surface area contributed by atoms with Gasteiger partial charge in [-0.25, -0.2) is 9.79 Å². The van der Waals surface area contributed by atoms with Crippen molar-refractivity contribution in [1.29, 1.82) is 5.26 Å². The normalized spacial score (nSPS) is 14.8. The number of nitriles is 1. The van der Waals surface area contributed by atoms with Gasteiger partial charge in [0, 0.05) is 0 Å². The molecule has 0 aliphatic carbocycles. The third kappa shape index (κ3) is 5.51. The fourth-order valence-electron chi connectivity index (χ4n) is 4.54. The minimum atomic E-state index is -0.639. The zero-order valence-electron chi connectivity index (χ0n) is 22.4. The molecule has 0 saturated carbocycles. The number of carbonyl (C=O) groups excluding carboxylic acids is 1. The number of ether oxygens (including phenoxy) is 2. The van der Waals surface area contributed by atoms with Gasteiger partial charge < -0.3 is 9.47 Å². The van der Waals surface area contributed by atoms with E-state index in [4.69, 9.17) is 14.7 Å². The maximum atomic E-state index is 13.8. The lowest BCUT2D eigenvalue weighted by Crippen LogP contribution is -2.39. The Hall–Kier alpha value is -4.74. The van der Waals surface area contributed by atoms with Crippen molar-refractivity contribution in [3.63, 3.8) is 0 Å². The van der Waals surface area contributed by atoms with Crippen LogP contribution in [0.2, 0.25) is 0 Å². The van der Waals surface area contributed by atoms with Crippen molar-refractivity contribution >= 4 is 23.4 Å². The standard InChI is InChI=1S/C32H27N3O4S/c1-4-38-31(37)28-21(3)34-32-35(29(28)25-14-8-20(2)9-15-25)30(36)27(40-32)17-24-6-5-7-26(16-24)39-19-23-12-10-22(18-33)11-13-23/h5-17,29H,4,19H2,1-3H3/b27-17-/t29-/m0/s1. The van der Waals surface area contributed by atoms with Gasteiger partial charge in [0.15, 0.2) is 4.80 Å². The molecule has 200 valence electrons. The van der Waals surface area contributed by atoms with Crippen LogP contribution in [0.5, 0.6) is 5.75 Å². The van der Waals surface area contributed by atoms with Gasteiger partial charge in [0.25, 0.3) is 5.56 Å². The van der Waals surface area contributed by atoms with Crippen LogP contribution >= 0.6 is 11.3 Å². The molecule has 40 heavy (non-hydrogen) atoms. The van der Waals surface area contributed by atoms with Crippen LogP contribution < -0.4 is 19.6 Å². The molecule has 0 fully saturated rings. The predicted molar refractivity (Wildman–Crippen MR) is 154 cm³/mol. The molecule has 8 heteroatoms. The molecule has 0 unspecified atom stereocenters. The SMILES string of the molecule is CCOC(=O)C1=C(C)N=c2s/c(=C\c3cccc(OCc4ccc(C#N)cc4)c3)c(=O)n2[C@H]1c1ccc(C)cc1. The van der Waals surface area contributed by atoms with Gasteiger partial charge in [0.2, 0.25) is 0 Å². The molecule has 0 spiro atoms. The van der Waals surface area contributed by atoms with E-state index in [0.29, 0.717) is 38.5 Å². The third-order valence-electron chi connectivity index (χ3n) is 6.55. The topological polar surface area (TPSA) is 93.7 Å². The number of allylic oxidation sites excluding steroid dienone is 1. The second-order valence-electron chi connectivity index (χ2n) is 9.38. The van der Waals surface area contributed by atoms with Gasteiger partial charge in [0.05, 0.1) is 40.1 Å². The number of thiazole rings is 1. The number of carbonyl (C=O) groups is 1. The molecule has 1 atom stereocenters. The van der Waals surface area contributed by atoms with Crippen LogP contribution in [0.3, 0.4) is 0 Å². The summed E-state index contributed by atoms with van der Waals surface area (Å²) >= 11 is 1.28. The van der Waals surface area contributed by atoms with Crippen molar-refractivity contribution in [3.05, 3.63) is 132 Å². The summed E-state index contributed by atoms with van der Waals surface area (Å²) in [4.78, 5) is 32.0. The summed E-state index contributed by atoms with van der Waals surface area (Å²) in [6.07, 6.45) is 1.81. The number of rotatable bonds is 7. The van der Waals surface area contributed by atoms with Gasteiger partial charge in [0.1, 0.15) is 12.4 Å². The van der Waals surface area contributed by atoms with Gasteiger partial charge in [-0.05, 0) is 67.8 Å². The molecule has 3 aromatic carbocycles. The quantitative estimate of drug-likeness (QED) is 0.315. The zero-order chi connectivity index (χ0) is 28.2. The molecule has 0 N–H and O–H groups in total. The highest BCUT2D eigenvalue weighted by atomic mass is 32.1. The molecule has 7 nitrogen and oxygen atoms in total. The number of esters is 1. The molecule has 0 amide bonds. The van der Waals surface area contributed by atoms with Crippen molar-refractivity contribution < 1.29 is 14.3 Å². The molecule has 1 aliphatic rings. The number of hydrogen-bond acceptors (Lipinski definition) is 7. The highest BCUT2D eigenvalue weighted by molar-refractivity contribution is 7.07. The van der Waals surface area contributed by atoms with Crippen LogP contribution in [-0.4, -0.2) is 17.1 Å². The van der Waals surface area contributed by atoms with Crippen LogP contribution in [0.25, 0.3) is 6.08 Å². The minimum absolute atomic E-state index is 0.226. The van der Waals surface area contributed by atoms with Gasteiger partial charge in [-0.15, -0.1) is 0 Å². The second kappa shape index (κ2) is 11.6. The Balaban J connectivity index is 1.51. The summed E-state index contributed by atoms with van der Waals surface area (Å²) in [7, 11) is 0. The Morgan fingerprint density at radius 3 is 2.55 bits per heavy atom. The Morgan fingerprint density at radius 2 is 1.85 bits per heavy atom. The van der Waals surface area contributed by atoms with Crippen molar-refractivity contribution in [3.8, 4) is 11.8 Å². The van der Waals surface area contributed by atoms with Gasteiger partial charge >= 0.3 is 5.97 Å². The molecule has 1 aromatic heterocycles. The van der Waals surface area contributed by atoms with Gasteiger partial charge in [-0.2, -0.15) is 5.26 Å². The number of hydrogen-bond donors (Lipinski definition) is 0. The van der Waals surface area contributed by atoms with E-state index < -0.39 is 12.0 Å². The van der Waals surface area contributed by atoms with E-state index in [-0.39, 0.29) is 12.2 Å². The van der Waals surface area contributed by atoms with Crippen molar-refractivity contribution in [2.75, 3.05) is 6.61 Å². The highest BCUT2D eigenvalue weighted by Crippen LogP contribution is 2.30. The van der Waals surface area contributed by atoms with E-state index in [1.807, 2.05) is 73.7 Å². The van der Waals surface area contributed by atoms with Crippen LogP contribution in [0.15, 0.2) is 93.9 Å². The highest BCUT2D eigenvalue weighted by Gasteiger charge is 2.33. The predicted octanol–water partition coefficient (Wildman–Crippen LogP) is 4.56. The number of aryl methyl sites for hydroxylation is 1. The number of aromatic nitrogens is 1. The van der Waals surface area contributed by atoms with E-state index >= 15 is 0 Å². The van der Waals surface area contributed by atoms with Crippen LogP contribution in [0.4, 0.5) is 0 Å². The van der Waals surface area contributed by atoms with E-state index in [9.17, 15) is 9.59 Å². The Bertz CT molecular complexity index is 1830. The Morgan fingerprint density at radius 1 is 1.10 bits per heavy atom. The first-order chi connectivity index (χ1) is 19.4. The summed E-state index contributed by atoms with van der Waals surface area (Å²) in [6, 6.07) is 24.0. The molecule has 4 aromatic rings. The zero-order valence-corrected chi connectivity index (χ0v) is 23.2. The number of nitrogens with zero attached hydrogens (tertiary/aromatic N) is 3. The summed E-state index contributed by atoms with van der Waals surface area (Å²) in [5.74, 6) is 0.180. The lowest BCUT2D eigenvalue weighted by atomic mass is 9.95. The van der Waals surface area contributed by atoms with Crippen molar-refractivity contribution in [1.82, 2.24) is 4.57 Å². The molecule has 5 rings (SSSR count). The first-order valence-electron chi connectivity index (χ1n) is 12.9. The summed E-state index contributed by atoms with van der Waals surface area (Å²) in [6.45, 7) is 6.10. The maximum absolute atomic E-state index is 13.8. The largest absolute Gasteiger partial charge is 0.489 e. The average molecular weight is 550 g/mol. The first-order valence-corrected chi connectivity index (χ1v) is 13.7.